The molecule has 20 heavy (non-hydrogen) atoms. The van der Waals surface area contributed by atoms with Crippen LogP contribution in [0.1, 0.15) is 46.0 Å². The van der Waals surface area contributed by atoms with Crippen molar-refractivity contribution in [3.63, 3.8) is 0 Å². The van der Waals surface area contributed by atoms with Crippen molar-refractivity contribution in [1.29, 1.82) is 0 Å². The number of carboxylic acids is 1. The number of amides is 2. The monoisotopic (exact) mass is 286 g/mol. The number of ether oxygens (including phenoxy) is 1. The van der Waals surface area contributed by atoms with Gasteiger partial charge in [0, 0.05) is 25.8 Å². The van der Waals surface area contributed by atoms with Gasteiger partial charge < -0.3 is 20.5 Å². The topological polar surface area (TPSA) is 87.7 Å². The molecule has 0 aliphatic heterocycles. The molecule has 0 aromatic rings. The van der Waals surface area contributed by atoms with Crippen LogP contribution in [0.4, 0.5) is 4.79 Å². The Morgan fingerprint density at radius 3 is 2.80 bits per heavy atom. The maximum absolute atomic E-state index is 11.7. The molecule has 0 spiro atoms. The van der Waals surface area contributed by atoms with Crippen molar-refractivity contribution < 1.29 is 19.4 Å². The summed E-state index contributed by atoms with van der Waals surface area (Å²) in [6.07, 6.45) is 3.91. The fraction of sp³-hybridized carbons (Fsp3) is 0.857. The van der Waals surface area contributed by atoms with Crippen LogP contribution in [0.2, 0.25) is 0 Å². The average Bonchev–Trinajstić information content (AvgIpc) is 2.76. The quantitative estimate of drug-likeness (QED) is 0.593. The lowest BCUT2D eigenvalue weighted by molar-refractivity contribution is -0.148. The third-order valence-corrected chi connectivity index (χ3v) is 3.85. The number of rotatable bonds is 8. The van der Waals surface area contributed by atoms with Crippen LogP contribution in [-0.2, 0) is 9.53 Å². The van der Waals surface area contributed by atoms with Crippen LogP contribution in [0.3, 0.4) is 0 Å². The van der Waals surface area contributed by atoms with Crippen LogP contribution < -0.4 is 10.6 Å². The zero-order valence-corrected chi connectivity index (χ0v) is 12.4. The summed E-state index contributed by atoms with van der Waals surface area (Å²) in [5, 5.41) is 14.8. The minimum absolute atomic E-state index is 0.292. The van der Waals surface area contributed by atoms with E-state index in [1.807, 2.05) is 6.92 Å². The van der Waals surface area contributed by atoms with E-state index in [0.717, 1.165) is 32.3 Å². The molecule has 6 nitrogen and oxygen atoms in total. The highest BCUT2D eigenvalue weighted by Crippen LogP contribution is 2.38. The van der Waals surface area contributed by atoms with Crippen LogP contribution >= 0.6 is 0 Å². The summed E-state index contributed by atoms with van der Waals surface area (Å²) in [5.74, 6) is -0.840. The second-order valence-corrected chi connectivity index (χ2v) is 5.53. The van der Waals surface area contributed by atoms with Crippen molar-refractivity contribution in [2.45, 2.75) is 52.0 Å². The van der Waals surface area contributed by atoms with Gasteiger partial charge in [-0.1, -0.05) is 13.3 Å². The summed E-state index contributed by atoms with van der Waals surface area (Å²) in [7, 11) is 0. The van der Waals surface area contributed by atoms with Crippen molar-refractivity contribution in [3.8, 4) is 0 Å². The van der Waals surface area contributed by atoms with Crippen LogP contribution in [-0.4, -0.2) is 42.9 Å². The molecule has 2 amide bonds. The second kappa shape index (κ2) is 8.09. The molecule has 2 unspecified atom stereocenters. The Balaban J connectivity index is 2.23. The molecule has 0 bridgehead atoms. The van der Waals surface area contributed by atoms with Gasteiger partial charge in [0.05, 0.1) is 5.41 Å². The number of aliphatic carboxylic acids is 1. The Bertz CT molecular complexity index is 335. The molecular weight excluding hydrogens is 260 g/mol. The first-order valence-corrected chi connectivity index (χ1v) is 7.36. The zero-order chi connectivity index (χ0) is 15.0. The number of carboxylic acid groups (broad SMARTS) is 1. The lowest BCUT2D eigenvalue weighted by atomic mass is 9.85. The predicted octanol–water partition coefficient (Wildman–Crippen LogP) is 1.75. The zero-order valence-electron chi connectivity index (χ0n) is 12.4. The molecule has 3 N–H and O–H groups in total. The largest absolute Gasteiger partial charge is 0.481 e. The summed E-state index contributed by atoms with van der Waals surface area (Å²) in [6, 6.07) is -0.587. The molecule has 1 aliphatic carbocycles. The highest BCUT2D eigenvalue weighted by Gasteiger charge is 2.45. The predicted molar refractivity (Wildman–Crippen MR) is 75.6 cm³/mol. The minimum Gasteiger partial charge on any atom is -0.481 e. The highest BCUT2D eigenvalue weighted by atomic mass is 16.5. The van der Waals surface area contributed by atoms with Gasteiger partial charge in [-0.05, 0) is 32.6 Å². The van der Waals surface area contributed by atoms with E-state index in [2.05, 4.69) is 10.6 Å². The van der Waals surface area contributed by atoms with Crippen LogP contribution in [0, 0.1) is 5.41 Å². The fourth-order valence-electron chi connectivity index (χ4n) is 2.49. The number of nitrogens with one attached hydrogen (secondary N) is 2. The van der Waals surface area contributed by atoms with Crippen molar-refractivity contribution in [1.82, 2.24) is 10.6 Å². The molecule has 0 heterocycles. The number of urea groups is 1. The third kappa shape index (κ3) is 4.67. The third-order valence-electron chi connectivity index (χ3n) is 3.85. The SMILES string of the molecule is CCCOCCCNC(=O)NC1CCCC1(C)C(=O)O. The van der Waals surface area contributed by atoms with E-state index in [4.69, 9.17) is 4.74 Å². The summed E-state index contributed by atoms with van der Waals surface area (Å²) in [5.41, 5.74) is -0.846. The smallest absolute Gasteiger partial charge is 0.315 e. The maximum Gasteiger partial charge on any atom is 0.315 e. The Morgan fingerprint density at radius 1 is 1.40 bits per heavy atom. The Hall–Kier alpha value is -1.30. The molecule has 0 aromatic heterocycles. The van der Waals surface area contributed by atoms with Gasteiger partial charge in [-0.25, -0.2) is 4.79 Å². The van der Waals surface area contributed by atoms with E-state index in [-0.39, 0.29) is 12.1 Å². The molecule has 1 aliphatic rings. The Morgan fingerprint density at radius 2 is 2.15 bits per heavy atom. The first kappa shape index (κ1) is 16.8. The molecular formula is C14H26N2O4. The van der Waals surface area contributed by atoms with Gasteiger partial charge in [-0.2, -0.15) is 0 Å². The van der Waals surface area contributed by atoms with E-state index in [0.29, 0.717) is 19.6 Å². The van der Waals surface area contributed by atoms with Gasteiger partial charge in [0.15, 0.2) is 0 Å². The first-order valence-electron chi connectivity index (χ1n) is 7.36. The van der Waals surface area contributed by atoms with E-state index in [1.54, 1.807) is 6.92 Å². The molecule has 1 rings (SSSR count). The number of hydrogen-bond donors (Lipinski definition) is 3. The van der Waals surface area contributed by atoms with Gasteiger partial charge in [-0.15, -0.1) is 0 Å². The molecule has 0 radical (unpaired) electrons. The molecule has 1 fully saturated rings. The van der Waals surface area contributed by atoms with Gasteiger partial charge >= 0.3 is 12.0 Å². The van der Waals surface area contributed by atoms with Crippen LogP contribution in [0.25, 0.3) is 0 Å². The highest BCUT2D eigenvalue weighted by molar-refractivity contribution is 5.79. The standard InChI is InChI=1S/C14H26N2O4/c1-3-9-20-10-5-8-15-13(19)16-11-6-4-7-14(11,2)12(17)18/h11H,3-10H2,1-2H3,(H,17,18)(H2,15,16,19). The van der Waals surface area contributed by atoms with E-state index >= 15 is 0 Å². The van der Waals surface area contributed by atoms with Crippen LogP contribution in [0.15, 0.2) is 0 Å². The van der Waals surface area contributed by atoms with E-state index < -0.39 is 11.4 Å². The molecule has 0 aromatic carbocycles. The van der Waals surface area contributed by atoms with Crippen molar-refractivity contribution in [3.05, 3.63) is 0 Å². The van der Waals surface area contributed by atoms with E-state index in [9.17, 15) is 14.7 Å². The Kier molecular flexibility index (Phi) is 6.78. The second-order valence-electron chi connectivity index (χ2n) is 5.53. The van der Waals surface area contributed by atoms with Gasteiger partial charge in [-0.3, -0.25) is 4.79 Å². The molecule has 1 saturated carbocycles. The van der Waals surface area contributed by atoms with Gasteiger partial charge in [0.25, 0.3) is 0 Å². The summed E-state index contributed by atoms with van der Waals surface area (Å²) in [4.78, 5) is 23.0. The van der Waals surface area contributed by atoms with Crippen LogP contribution in [0.5, 0.6) is 0 Å². The molecule has 116 valence electrons. The van der Waals surface area contributed by atoms with Crippen molar-refractivity contribution in [2.24, 2.45) is 5.41 Å². The fourth-order valence-corrected chi connectivity index (χ4v) is 2.49. The van der Waals surface area contributed by atoms with E-state index in [1.165, 1.54) is 0 Å². The van der Waals surface area contributed by atoms with Crippen molar-refractivity contribution >= 4 is 12.0 Å². The van der Waals surface area contributed by atoms with Crippen molar-refractivity contribution in [2.75, 3.05) is 19.8 Å². The summed E-state index contributed by atoms with van der Waals surface area (Å²) < 4.78 is 5.31. The first-order chi connectivity index (χ1) is 9.50. The molecule has 0 saturated heterocycles. The lowest BCUT2D eigenvalue weighted by Crippen LogP contribution is -2.50. The number of carbonyl (C=O) groups is 2. The number of carbonyl (C=O) groups excluding carboxylic acids is 1. The number of hydrogen-bond acceptors (Lipinski definition) is 3. The maximum atomic E-state index is 11.7. The minimum atomic E-state index is -0.846. The normalized spacial score (nSPS) is 25.4. The average molecular weight is 286 g/mol. The van der Waals surface area contributed by atoms with Gasteiger partial charge in [0.2, 0.25) is 0 Å². The lowest BCUT2D eigenvalue weighted by Gasteiger charge is -2.27. The summed E-state index contributed by atoms with van der Waals surface area (Å²) in [6.45, 7) is 5.65. The summed E-state index contributed by atoms with van der Waals surface area (Å²) >= 11 is 0. The molecule has 2 atom stereocenters. The Labute approximate surface area is 120 Å². The van der Waals surface area contributed by atoms with Gasteiger partial charge in [0.1, 0.15) is 0 Å². The molecule has 6 heteroatoms.